The number of halogens is 1. The largest absolute Gasteiger partial charge is 0.352 e. The molecule has 1 aromatic heterocycles. The molecule has 2 N–H and O–H groups in total. The molecule has 8 nitrogen and oxygen atoms in total. The van der Waals surface area contributed by atoms with E-state index in [1.807, 2.05) is 66.7 Å². The number of carbonyl (C=O) groups is 4. The highest BCUT2D eigenvalue weighted by molar-refractivity contribution is 5.98. The summed E-state index contributed by atoms with van der Waals surface area (Å²) < 4.78 is 15.8. The second-order valence-electron chi connectivity index (χ2n) is 13.2. The number of anilines is 1. The minimum atomic E-state index is -0.537. The van der Waals surface area contributed by atoms with Crippen molar-refractivity contribution >= 4 is 40.1 Å². The fourth-order valence-corrected chi connectivity index (χ4v) is 7.26. The number of aromatic amines is 1. The molecule has 0 saturated carbocycles. The maximum atomic E-state index is 15.8. The SMILES string of the molecule is O=C(Cc1ccc2[nH]c(-c3ccc(NC(=O)[C@@H]4CCCN4C(=O)Cc4ccccc4)cc3)c(F)c2c1)[C@@H]1CCCN1C(=O)Cc1ccccc1. The van der Waals surface area contributed by atoms with E-state index in [1.54, 1.807) is 46.2 Å². The van der Waals surface area contributed by atoms with Crippen LogP contribution >= 0.6 is 0 Å². The molecule has 50 heavy (non-hydrogen) atoms. The zero-order valence-electron chi connectivity index (χ0n) is 27.7. The van der Waals surface area contributed by atoms with E-state index in [-0.39, 0.29) is 42.8 Å². The molecule has 3 amide bonds. The van der Waals surface area contributed by atoms with Crippen LogP contribution in [-0.2, 0) is 38.4 Å². The predicted molar refractivity (Wildman–Crippen MR) is 191 cm³/mol. The second-order valence-corrected chi connectivity index (χ2v) is 13.2. The van der Waals surface area contributed by atoms with Crippen molar-refractivity contribution in [2.24, 2.45) is 0 Å². The van der Waals surface area contributed by atoms with Gasteiger partial charge in [0, 0.05) is 41.7 Å². The summed E-state index contributed by atoms with van der Waals surface area (Å²) in [4.78, 5) is 59.2. The number of nitrogens with zero attached hydrogens (tertiary/aromatic N) is 2. The molecular formula is C41H39FN4O4. The molecule has 2 saturated heterocycles. The summed E-state index contributed by atoms with van der Waals surface area (Å²) in [5.74, 6) is -0.829. The first-order chi connectivity index (χ1) is 24.3. The first-order valence-corrected chi connectivity index (χ1v) is 17.2. The number of Topliss-reactive ketones (excluding diaryl/α,β-unsaturated/α-hetero) is 1. The van der Waals surface area contributed by atoms with E-state index < -0.39 is 17.9 Å². The fourth-order valence-electron chi connectivity index (χ4n) is 7.26. The van der Waals surface area contributed by atoms with Gasteiger partial charge in [-0.15, -0.1) is 0 Å². The molecular weight excluding hydrogens is 631 g/mol. The Morgan fingerprint density at radius 2 is 1.26 bits per heavy atom. The number of ketones is 1. The predicted octanol–water partition coefficient (Wildman–Crippen LogP) is 6.49. The number of carbonyl (C=O) groups excluding carboxylic acids is 4. The van der Waals surface area contributed by atoms with E-state index in [9.17, 15) is 19.2 Å². The first kappa shape index (κ1) is 33.0. The number of aromatic nitrogens is 1. The Bertz CT molecular complexity index is 2030. The van der Waals surface area contributed by atoms with Gasteiger partial charge in [0.15, 0.2) is 11.6 Å². The Morgan fingerprint density at radius 1 is 0.680 bits per heavy atom. The van der Waals surface area contributed by atoms with Crippen molar-refractivity contribution in [2.45, 2.75) is 57.0 Å². The highest BCUT2D eigenvalue weighted by Crippen LogP contribution is 2.31. The number of hydrogen-bond acceptors (Lipinski definition) is 4. The number of nitrogens with one attached hydrogen (secondary N) is 2. The fraction of sp³-hybridized carbons (Fsp3) is 0.268. The van der Waals surface area contributed by atoms with Gasteiger partial charge in [0.25, 0.3) is 0 Å². The lowest BCUT2D eigenvalue weighted by molar-refractivity contribution is -0.136. The molecule has 0 radical (unpaired) electrons. The van der Waals surface area contributed by atoms with Crippen LogP contribution in [0, 0.1) is 5.82 Å². The first-order valence-electron chi connectivity index (χ1n) is 17.2. The Labute approximate surface area is 290 Å². The van der Waals surface area contributed by atoms with Crippen LogP contribution in [-0.4, -0.2) is 63.5 Å². The van der Waals surface area contributed by atoms with Crippen molar-refractivity contribution in [1.29, 1.82) is 0 Å². The maximum Gasteiger partial charge on any atom is 0.247 e. The van der Waals surface area contributed by atoms with E-state index in [0.717, 1.165) is 24.0 Å². The molecule has 2 atom stereocenters. The van der Waals surface area contributed by atoms with Gasteiger partial charge in [-0.1, -0.05) is 78.9 Å². The number of rotatable bonds is 10. The smallest absolute Gasteiger partial charge is 0.247 e. The van der Waals surface area contributed by atoms with Crippen molar-refractivity contribution in [2.75, 3.05) is 18.4 Å². The quantitative estimate of drug-likeness (QED) is 0.177. The van der Waals surface area contributed by atoms with Gasteiger partial charge in [-0.25, -0.2) is 4.39 Å². The number of fused-ring (bicyclic) bond motifs is 1. The van der Waals surface area contributed by atoms with Crippen LogP contribution < -0.4 is 5.32 Å². The Hall–Kier alpha value is -5.57. The molecule has 7 rings (SSSR count). The number of H-pyrrole nitrogens is 1. The average molecular weight is 671 g/mol. The summed E-state index contributed by atoms with van der Waals surface area (Å²) in [6.07, 6.45) is 3.40. The summed E-state index contributed by atoms with van der Waals surface area (Å²) in [5.41, 5.74) is 4.60. The van der Waals surface area contributed by atoms with Crippen LogP contribution in [0.2, 0.25) is 0 Å². The van der Waals surface area contributed by atoms with Crippen LogP contribution in [0.5, 0.6) is 0 Å². The van der Waals surface area contributed by atoms with Crippen molar-refractivity contribution in [3.05, 3.63) is 126 Å². The molecule has 0 bridgehead atoms. The summed E-state index contributed by atoms with van der Waals surface area (Å²) in [7, 11) is 0. The zero-order valence-corrected chi connectivity index (χ0v) is 27.7. The van der Waals surface area contributed by atoms with E-state index in [1.165, 1.54) is 0 Å². The van der Waals surface area contributed by atoms with Crippen molar-refractivity contribution in [3.63, 3.8) is 0 Å². The van der Waals surface area contributed by atoms with Gasteiger partial charge in [-0.2, -0.15) is 0 Å². The molecule has 0 unspecified atom stereocenters. The minimum absolute atomic E-state index is 0.0432. The summed E-state index contributed by atoms with van der Waals surface area (Å²) in [6.45, 7) is 1.11. The number of amides is 3. The molecule has 9 heteroatoms. The van der Waals surface area contributed by atoms with Gasteiger partial charge in [0.2, 0.25) is 17.7 Å². The number of likely N-dealkylation sites (tertiary alicyclic amines) is 2. The van der Waals surface area contributed by atoms with Gasteiger partial charge in [0.05, 0.1) is 24.6 Å². The van der Waals surface area contributed by atoms with Crippen molar-refractivity contribution < 1.29 is 23.6 Å². The molecule has 0 aliphatic carbocycles. The van der Waals surface area contributed by atoms with Crippen molar-refractivity contribution in [1.82, 2.24) is 14.8 Å². The maximum absolute atomic E-state index is 15.8. The van der Waals surface area contributed by atoms with Crippen LogP contribution in [0.15, 0.2) is 103 Å². The molecule has 2 fully saturated rings. The van der Waals surface area contributed by atoms with E-state index in [2.05, 4.69) is 10.3 Å². The molecule has 2 aliphatic rings. The summed E-state index contributed by atoms with van der Waals surface area (Å²) in [5, 5.41) is 3.31. The highest BCUT2D eigenvalue weighted by Gasteiger charge is 2.35. The van der Waals surface area contributed by atoms with Gasteiger partial charge in [-0.05, 0) is 66.6 Å². The molecule has 0 spiro atoms. The third-order valence-electron chi connectivity index (χ3n) is 9.84. The third kappa shape index (κ3) is 7.08. The Kier molecular flexibility index (Phi) is 9.56. The standard InChI is InChI=1S/C41H39FN4O4/c42-39-32-23-29(24-36(47)34-13-7-21-45(34)37(48)25-27-9-3-1-4-10-27)15-20-33(32)44-40(39)30-16-18-31(19-17-30)43-41(50)35-14-8-22-46(35)38(49)26-28-11-5-2-6-12-28/h1-6,9-12,15-20,23,34-35,44H,7-8,13-14,21-22,24-26H2,(H,43,50)/t34-,35-/m0/s1. The van der Waals surface area contributed by atoms with Crippen LogP contribution in [0.3, 0.4) is 0 Å². The highest BCUT2D eigenvalue weighted by atomic mass is 19.1. The molecule has 5 aromatic rings. The molecule has 4 aromatic carbocycles. The van der Waals surface area contributed by atoms with Crippen LogP contribution in [0.25, 0.3) is 22.2 Å². The van der Waals surface area contributed by atoms with Crippen molar-refractivity contribution in [3.8, 4) is 11.3 Å². The topological polar surface area (TPSA) is 103 Å². The third-order valence-corrected chi connectivity index (χ3v) is 9.84. The van der Waals surface area contributed by atoms with Gasteiger partial charge < -0.3 is 20.1 Å². The second kappa shape index (κ2) is 14.5. The lowest BCUT2D eigenvalue weighted by atomic mass is 10.0. The van der Waals surface area contributed by atoms with E-state index in [4.69, 9.17) is 0 Å². The Morgan fingerprint density at radius 3 is 1.88 bits per heavy atom. The average Bonchev–Trinajstić information content (AvgIpc) is 3.89. The lowest BCUT2D eigenvalue weighted by Gasteiger charge is -2.24. The van der Waals surface area contributed by atoms with E-state index in [0.29, 0.717) is 59.3 Å². The van der Waals surface area contributed by atoms with Crippen LogP contribution in [0.1, 0.15) is 42.4 Å². The summed E-state index contributed by atoms with van der Waals surface area (Å²) >= 11 is 0. The zero-order chi connectivity index (χ0) is 34.6. The lowest BCUT2D eigenvalue weighted by Crippen LogP contribution is -2.43. The van der Waals surface area contributed by atoms with Gasteiger partial charge >= 0.3 is 0 Å². The number of benzene rings is 4. The molecule has 3 heterocycles. The summed E-state index contributed by atoms with van der Waals surface area (Å²) in [6, 6.07) is 30.2. The van der Waals surface area contributed by atoms with Gasteiger partial charge in [-0.3, -0.25) is 19.2 Å². The monoisotopic (exact) mass is 670 g/mol. The molecule has 254 valence electrons. The Balaban J connectivity index is 0.991. The minimum Gasteiger partial charge on any atom is -0.352 e. The molecule has 2 aliphatic heterocycles. The van der Waals surface area contributed by atoms with Gasteiger partial charge in [0.1, 0.15) is 6.04 Å². The normalized spacial score (nSPS) is 17.3. The van der Waals surface area contributed by atoms with E-state index >= 15 is 4.39 Å². The number of hydrogen-bond donors (Lipinski definition) is 2. The van der Waals surface area contributed by atoms with Crippen LogP contribution in [0.4, 0.5) is 10.1 Å².